The molecule has 0 aliphatic carbocycles. The van der Waals surface area contributed by atoms with E-state index in [0.29, 0.717) is 5.69 Å². The largest absolute Gasteiger partial charge is 0.506 e. The minimum absolute atomic E-state index is 0.0503. The Kier molecular flexibility index (Phi) is 3.26. The predicted octanol–water partition coefficient (Wildman–Crippen LogP) is 3.54. The van der Waals surface area contributed by atoms with Crippen molar-refractivity contribution in [1.82, 2.24) is 0 Å². The Labute approximate surface area is 107 Å². The van der Waals surface area contributed by atoms with Crippen molar-refractivity contribution >= 4 is 34.8 Å². The first-order chi connectivity index (χ1) is 8.06. The second-order valence-corrected chi connectivity index (χ2v) is 4.00. The lowest BCUT2D eigenvalue weighted by Gasteiger charge is -2.04. The molecule has 1 amide bonds. The van der Waals surface area contributed by atoms with E-state index in [9.17, 15) is 9.90 Å². The van der Waals surface area contributed by atoms with Gasteiger partial charge in [0.05, 0.1) is 5.02 Å². The molecule has 0 spiro atoms. The number of phenolic OH excluding ortho intramolecular Hbond substituents is 1. The number of halogens is 2. The molecule has 0 aliphatic heterocycles. The van der Waals surface area contributed by atoms with Gasteiger partial charge in [-0.15, -0.1) is 0 Å². The number of phenols is 1. The number of hydrogen-bond donors (Lipinski definition) is 2. The molecule has 6 heteroatoms. The van der Waals surface area contributed by atoms with Crippen molar-refractivity contribution < 1.29 is 14.3 Å². The molecular weight excluding hydrogens is 265 g/mol. The summed E-state index contributed by atoms with van der Waals surface area (Å²) in [5.74, 6) is -0.399. The van der Waals surface area contributed by atoms with Crippen molar-refractivity contribution in [3.8, 4) is 5.75 Å². The van der Waals surface area contributed by atoms with Crippen molar-refractivity contribution in [2.45, 2.75) is 0 Å². The average molecular weight is 272 g/mol. The topological polar surface area (TPSA) is 62.5 Å². The summed E-state index contributed by atoms with van der Waals surface area (Å²) in [6, 6.07) is 7.26. The van der Waals surface area contributed by atoms with Gasteiger partial charge in [0, 0.05) is 5.69 Å². The Hall–Kier alpha value is -1.65. The molecule has 2 aromatic rings. The van der Waals surface area contributed by atoms with Gasteiger partial charge in [0.2, 0.25) is 0 Å². The van der Waals surface area contributed by atoms with Crippen LogP contribution in [0.15, 0.2) is 34.7 Å². The van der Waals surface area contributed by atoms with Gasteiger partial charge in [0.1, 0.15) is 5.75 Å². The normalized spacial score (nSPS) is 10.2. The molecule has 1 aromatic heterocycles. The number of carbonyl (C=O) groups excluding carboxylic acids is 1. The van der Waals surface area contributed by atoms with Crippen LogP contribution < -0.4 is 5.32 Å². The van der Waals surface area contributed by atoms with E-state index in [1.165, 1.54) is 30.3 Å². The van der Waals surface area contributed by atoms with Crippen LogP contribution in [0.5, 0.6) is 5.75 Å². The number of nitrogens with one attached hydrogen (secondary N) is 1. The highest BCUT2D eigenvalue weighted by molar-refractivity contribution is 6.32. The van der Waals surface area contributed by atoms with Crippen LogP contribution in [-0.2, 0) is 0 Å². The molecule has 88 valence electrons. The van der Waals surface area contributed by atoms with Gasteiger partial charge in [-0.1, -0.05) is 11.6 Å². The van der Waals surface area contributed by atoms with E-state index in [-0.39, 0.29) is 21.8 Å². The zero-order valence-electron chi connectivity index (χ0n) is 8.41. The van der Waals surface area contributed by atoms with Crippen LogP contribution in [0.2, 0.25) is 10.2 Å². The fraction of sp³-hybridized carbons (Fsp3) is 0. The van der Waals surface area contributed by atoms with E-state index >= 15 is 0 Å². The zero-order valence-corrected chi connectivity index (χ0v) is 9.92. The lowest BCUT2D eigenvalue weighted by molar-refractivity contribution is 0.0997. The summed E-state index contributed by atoms with van der Waals surface area (Å²) in [6.07, 6.45) is 0. The monoisotopic (exact) mass is 271 g/mol. The van der Waals surface area contributed by atoms with Crippen LogP contribution in [0.25, 0.3) is 0 Å². The quantitative estimate of drug-likeness (QED) is 0.822. The molecule has 0 bridgehead atoms. The molecule has 17 heavy (non-hydrogen) atoms. The standard InChI is InChI=1S/C11H7Cl2NO3/c12-7-5-6(1-2-8(7)15)14-11(16)9-3-4-10(13)17-9/h1-5,15H,(H,14,16). The molecule has 0 aliphatic rings. The Morgan fingerprint density at radius 3 is 2.59 bits per heavy atom. The van der Waals surface area contributed by atoms with Gasteiger partial charge in [-0.25, -0.2) is 0 Å². The summed E-state index contributed by atoms with van der Waals surface area (Å²) in [5, 5.41) is 12.1. The Balaban J connectivity index is 2.15. The van der Waals surface area contributed by atoms with Crippen molar-refractivity contribution in [3.05, 3.63) is 46.3 Å². The van der Waals surface area contributed by atoms with E-state index < -0.39 is 5.91 Å². The van der Waals surface area contributed by atoms with Crippen molar-refractivity contribution in [1.29, 1.82) is 0 Å². The van der Waals surface area contributed by atoms with Crippen LogP contribution in [0.4, 0.5) is 5.69 Å². The first-order valence-corrected chi connectivity index (χ1v) is 5.37. The van der Waals surface area contributed by atoms with Crippen LogP contribution in [0.1, 0.15) is 10.6 Å². The SMILES string of the molecule is O=C(Nc1ccc(O)c(Cl)c1)c1ccc(Cl)o1. The highest BCUT2D eigenvalue weighted by Gasteiger charge is 2.11. The number of amides is 1. The summed E-state index contributed by atoms with van der Waals surface area (Å²) in [4.78, 5) is 11.7. The van der Waals surface area contributed by atoms with E-state index in [4.69, 9.17) is 27.6 Å². The highest BCUT2D eigenvalue weighted by atomic mass is 35.5. The number of furan rings is 1. The molecule has 0 unspecified atom stereocenters. The third kappa shape index (κ3) is 2.72. The molecule has 0 fully saturated rings. The smallest absolute Gasteiger partial charge is 0.291 e. The van der Waals surface area contributed by atoms with E-state index in [2.05, 4.69) is 5.32 Å². The zero-order chi connectivity index (χ0) is 12.4. The Morgan fingerprint density at radius 1 is 1.24 bits per heavy atom. The molecular formula is C11H7Cl2NO3. The van der Waals surface area contributed by atoms with Crippen molar-refractivity contribution in [3.63, 3.8) is 0 Å². The summed E-state index contributed by atoms with van der Waals surface area (Å²) in [6.45, 7) is 0. The second kappa shape index (κ2) is 4.69. The summed E-state index contributed by atoms with van der Waals surface area (Å²) < 4.78 is 4.94. The number of rotatable bonds is 2. The summed E-state index contributed by atoms with van der Waals surface area (Å²) in [5.41, 5.74) is 0.449. The summed E-state index contributed by atoms with van der Waals surface area (Å²) in [7, 11) is 0. The Bertz CT molecular complexity index is 566. The molecule has 0 saturated carbocycles. The molecule has 4 nitrogen and oxygen atoms in total. The molecule has 0 saturated heterocycles. The van der Waals surface area contributed by atoms with Crippen LogP contribution in [0, 0.1) is 0 Å². The first kappa shape index (κ1) is 11.8. The van der Waals surface area contributed by atoms with Crippen LogP contribution in [-0.4, -0.2) is 11.0 Å². The molecule has 1 aromatic carbocycles. The van der Waals surface area contributed by atoms with Gasteiger partial charge in [-0.3, -0.25) is 4.79 Å². The van der Waals surface area contributed by atoms with Gasteiger partial charge >= 0.3 is 0 Å². The van der Waals surface area contributed by atoms with E-state index in [1.54, 1.807) is 0 Å². The molecule has 0 atom stereocenters. The number of anilines is 1. The second-order valence-electron chi connectivity index (χ2n) is 3.22. The number of hydrogen-bond acceptors (Lipinski definition) is 3. The molecule has 2 N–H and O–H groups in total. The third-order valence-corrected chi connectivity index (χ3v) is 2.51. The highest BCUT2D eigenvalue weighted by Crippen LogP contribution is 2.26. The average Bonchev–Trinajstić information content (AvgIpc) is 2.70. The van der Waals surface area contributed by atoms with Gasteiger partial charge in [-0.05, 0) is 41.9 Å². The number of carbonyl (C=O) groups is 1. The van der Waals surface area contributed by atoms with Gasteiger partial charge in [0.25, 0.3) is 5.91 Å². The molecule has 2 rings (SSSR count). The number of benzene rings is 1. The lowest BCUT2D eigenvalue weighted by atomic mass is 10.3. The predicted molar refractivity (Wildman–Crippen MR) is 64.8 cm³/mol. The maximum Gasteiger partial charge on any atom is 0.291 e. The van der Waals surface area contributed by atoms with E-state index in [1.807, 2.05) is 0 Å². The Morgan fingerprint density at radius 2 is 2.00 bits per heavy atom. The number of aromatic hydroxyl groups is 1. The lowest BCUT2D eigenvalue weighted by Crippen LogP contribution is -2.10. The van der Waals surface area contributed by atoms with E-state index in [0.717, 1.165) is 0 Å². The minimum Gasteiger partial charge on any atom is -0.506 e. The molecule has 0 radical (unpaired) electrons. The maximum atomic E-state index is 11.7. The van der Waals surface area contributed by atoms with Crippen LogP contribution >= 0.6 is 23.2 Å². The summed E-state index contributed by atoms with van der Waals surface area (Å²) >= 11 is 11.3. The van der Waals surface area contributed by atoms with Gasteiger partial charge < -0.3 is 14.8 Å². The van der Waals surface area contributed by atoms with Gasteiger partial charge in [-0.2, -0.15) is 0 Å². The van der Waals surface area contributed by atoms with Crippen LogP contribution in [0.3, 0.4) is 0 Å². The fourth-order valence-electron chi connectivity index (χ4n) is 1.21. The molecule has 1 heterocycles. The van der Waals surface area contributed by atoms with Gasteiger partial charge in [0.15, 0.2) is 11.0 Å². The minimum atomic E-state index is -0.446. The third-order valence-electron chi connectivity index (χ3n) is 2.00. The van der Waals surface area contributed by atoms with Crippen molar-refractivity contribution in [2.24, 2.45) is 0 Å². The fourth-order valence-corrected chi connectivity index (χ4v) is 1.54. The van der Waals surface area contributed by atoms with Crippen molar-refractivity contribution in [2.75, 3.05) is 5.32 Å². The maximum absolute atomic E-state index is 11.7. The first-order valence-electron chi connectivity index (χ1n) is 4.61.